The first-order valence-electron chi connectivity index (χ1n) is 11.0. The van der Waals surface area contributed by atoms with Crippen molar-refractivity contribution in [2.75, 3.05) is 20.3 Å². The summed E-state index contributed by atoms with van der Waals surface area (Å²) in [4.78, 5) is 12.6. The van der Waals surface area contributed by atoms with Crippen molar-refractivity contribution in [2.24, 2.45) is 0 Å². The van der Waals surface area contributed by atoms with E-state index in [1.807, 2.05) is 61.5 Å². The predicted molar refractivity (Wildman–Crippen MR) is 129 cm³/mol. The molecule has 0 saturated carbocycles. The lowest BCUT2D eigenvalue weighted by Crippen LogP contribution is -2.28. The largest absolute Gasteiger partial charge is 0.497 e. The summed E-state index contributed by atoms with van der Waals surface area (Å²) in [7, 11) is 1.61. The van der Waals surface area contributed by atoms with Gasteiger partial charge in [-0.25, -0.2) is 4.68 Å². The molecule has 0 unspecified atom stereocenters. The van der Waals surface area contributed by atoms with Gasteiger partial charge in [0.25, 0.3) is 5.91 Å². The maximum Gasteiger partial charge on any atom is 0.254 e. The molecule has 0 fully saturated rings. The van der Waals surface area contributed by atoms with Gasteiger partial charge in [0.15, 0.2) is 11.5 Å². The highest BCUT2D eigenvalue weighted by atomic mass is 16.5. The number of ether oxygens (including phenoxy) is 2. The van der Waals surface area contributed by atoms with Gasteiger partial charge in [0.1, 0.15) is 12.4 Å². The number of carbonyl (C=O) groups excluding carboxylic acids is 1. The summed E-state index contributed by atoms with van der Waals surface area (Å²) >= 11 is 0. The summed E-state index contributed by atoms with van der Waals surface area (Å²) in [5.41, 5.74) is 3.59. The average molecular weight is 470 g/mol. The Labute approximate surface area is 201 Å². The van der Waals surface area contributed by atoms with Crippen molar-refractivity contribution in [3.8, 4) is 28.7 Å². The average Bonchev–Trinajstić information content (AvgIpc) is 3.50. The molecule has 5 aromatic rings. The van der Waals surface area contributed by atoms with Crippen LogP contribution < -0.4 is 14.8 Å². The van der Waals surface area contributed by atoms with E-state index in [0.717, 1.165) is 16.9 Å². The first-order valence-corrected chi connectivity index (χ1v) is 11.0. The predicted octanol–water partition coefficient (Wildman–Crippen LogP) is 3.10. The summed E-state index contributed by atoms with van der Waals surface area (Å²) in [6.45, 7) is 2.41. The van der Waals surface area contributed by atoms with E-state index in [1.165, 1.54) is 0 Å². The van der Waals surface area contributed by atoms with Gasteiger partial charge in [0, 0.05) is 11.6 Å². The molecule has 176 valence electrons. The van der Waals surface area contributed by atoms with Crippen LogP contribution in [0.3, 0.4) is 0 Å². The number of hydrogen-bond donors (Lipinski definition) is 1. The molecule has 0 radical (unpaired) electrons. The fourth-order valence-electron chi connectivity index (χ4n) is 3.67. The van der Waals surface area contributed by atoms with E-state index < -0.39 is 0 Å². The highest BCUT2D eigenvalue weighted by Crippen LogP contribution is 2.23. The van der Waals surface area contributed by atoms with Gasteiger partial charge in [-0.15, -0.1) is 15.3 Å². The first-order chi connectivity index (χ1) is 17.1. The topological polar surface area (TPSA) is 108 Å². The minimum atomic E-state index is -0.212. The molecule has 0 aliphatic rings. The number of aromatic nitrogens is 6. The van der Waals surface area contributed by atoms with Crippen molar-refractivity contribution in [1.82, 2.24) is 34.9 Å². The first kappa shape index (κ1) is 22.1. The van der Waals surface area contributed by atoms with Crippen LogP contribution in [-0.2, 0) is 0 Å². The van der Waals surface area contributed by atoms with E-state index in [4.69, 9.17) is 9.47 Å². The van der Waals surface area contributed by atoms with E-state index in [0.29, 0.717) is 35.2 Å². The number of nitrogens with zero attached hydrogens (tertiary/aromatic N) is 6. The van der Waals surface area contributed by atoms with Crippen LogP contribution in [0.2, 0.25) is 0 Å². The quantitative estimate of drug-likeness (QED) is 0.348. The standard InChI is InChI=1S/C25H23N7O3/c1-17-21(16-27-31(17)19-8-4-3-5-9-19)25(33)26-13-14-35-23-12-11-22-28-29-24(32(22)30-23)18-7-6-10-20(15-18)34-2/h3-12,15-16H,13-14H2,1-2H3,(H,26,33). The molecule has 10 heteroatoms. The number of nitrogens with one attached hydrogen (secondary N) is 1. The lowest BCUT2D eigenvalue weighted by molar-refractivity contribution is 0.0946. The van der Waals surface area contributed by atoms with Crippen LogP contribution >= 0.6 is 0 Å². The Morgan fingerprint density at radius 2 is 1.89 bits per heavy atom. The molecule has 3 heterocycles. The summed E-state index contributed by atoms with van der Waals surface area (Å²) in [6.07, 6.45) is 1.57. The minimum Gasteiger partial charge on any atom is -0.497 e. The Kier molecular flexibility index (Phi) is 6.08. The van der Waals surface area contributed by atoms with Gasteiger partial charge in [-0.3, -0.25) is 4.79 Å². The Balaban J connectivity index is 1.22. The van der Waals surface area contributed by atoms with Crippen molar-refractivity contribution < 1.29 is 14.3 Å². The maximum absolute atomic E-state index is 12.6. The third kappa shape index (κ3) is 4.54. The van der Waals surface area contributed by atoms with E-state index in [1.54, 1.807) is 34.6 Å². The number of carbonyl (C=O) groups is 1. The molecular weight excluding hydrogens is 446 g/mol. The molecule has 0 bridgehead atoms. The zero-order valence-corrected chi connectivity index (χ0v) is 19.3. The third-order valence-corrected chi connectivity index (χ3v) is 5.46. The Morgan fingerprint density at radius 1 is 1.03 bits per heavy atom. The zero-order valence-electron chi connectivity index (χ0n) is 19.3. The molecule has 2 aromatic carbocycles. The molecule has 0 spiro atoms. The zero-order chi connectivity index (χ0) is 24.2. The third-order valence-electron chi connectivity index (χ3n) is 5.46. The van der Waals surface area contributed by atoms with Gasteiger partial charge in [0.05, 0.1) is 36.8 Å². The number of fused-ring (bicyclic) bond motifs is 1. The van der Waals surface area contributed by atoms with Crippen LogP contribution in [0.25, 0.3) is 22.7 Å². The summed E-state index contributed by atoms with van der Waals surface area (Å²) in [6, 6.07) is 20.7. The van der Waals surface area contributed by atoms with E-state index in [9.17, 15) is 4.79 Å². The molecule has 3 aromatic heterocycles. The second-order valence-electron chi connectivity index (χ2n) is 7.69. The van der Waals surface area contributed by atoms with Crippen LogP contribution in [0.4, 0.5) is 0 Å². The highest BCUT2D eigenvalue weighted by Gasteiger charge is 2.15. The van der Waals surface area contributed by atoms with Crippen molar-refractivity contribution in [1.29, 1.82) is 0 Å². The van der Waals surface area contributed by atoms with Crippen LogP contribution in [-0.4, -0.2) is 55.8 Å². The number of methoxy groups -OCH3 is 1. The monoisotopic (exact) mass is 469 g/mol. The van der Waals surface area contributed by atoms with Gasteiger partial charge >= 0.3 is 0 Å². The lowest BCUT2D eigenvalue weighted by Gasteiger charge is -2.08. The molecule has 0 aliphatic heterocycles. The van der Waals surface area contributed by atoms with Crippen LogP contribution in [0, 0.1) is 6.92 Å². The van der Waals surface area contributed by atoms with Crippen LogP contribution in [0.5, 0.6) is 11.6 Å². The molecular formula is C25H23N7O3. The molecule has 1 N–H and O–H groups in total. The number of rotatable bonds is 8. The summed E-state index contributed by atoms with van der Waals surface area (Å²) < 4.78 is 14.4. The van der Waals surface area contributed by atoms with Crippen LogP contribution in [0.1, 0.15) is 16.1 Å². The van der Waals surface area contributed by atoms with E-state index in [-0.39, 0.29) is 12.5 Å². The Morgan fingerprint density at radius 3 is 2.71 bits per heavy atom. The highest BCUT2D eigenvalue weighted by molar-refractivity contribution is 5.95. The molecule has 0 atom stereocenters. The molecule has 0 saturated heterocycles. The van der Waals surface area contributed by atoms with E-state index in [2.05, 4.69) is 25.7 Å². The molecule has 1 amide bonds. The fraction of sp³-hybridized carbons (Fsp3) is 0.160. The van der Waals surface area contributed by atoms with Crippen molar-refractivity contribution >= 4 is 11.6 Å². The van der Waals surface area contributed by atoms with Crippen molar-refractivity contribution in [2.45, 2.75) is 6.92 Å². The number of para-hydroxylation sites is 1. The Hall–Kier alpha value is -4.73. The van der Waals surface area contributed by atoms with Crippen molar-refractivity contribution in [3.05, 3.63) is 84.2 Å². The SMILES string of the molecule is COc1cccc(-c2nnc3ccc(OCCNC(=O)c4cnn(-c5ccccc5)c4C)nn23)c1. The maximum atomic E-state index is 12.6. The Bertz CT molecular complexity index is 1480. The van der Waals surface area contributed by atoms with E-state index >= 15 is 0 Å². The molecule has 10 nitrogen and oxygen atoms in total. The normalized spacial score (nSPS) is 10.9. The minimum absolute atomic E-state index is 0.212. The molecule has 5 rings (SSSR count). The number of amides is 1. The number of hydrogen-bond acceptors (Lipinski definition) is 7. The summed E-state index contributed by atoms with van der Waals surface area (Å²) in [5.74, 6) is 1.47. The lowest BCUT2D eigenvalue weighted by atomic mass is 10.2. The summed E-state index contributed by atoms with van der Waals surface area (Å²) in [5, 5.41) is 20.1. The van der Waals surface area contributed by atoms with Gasteiger partial charge < -0.3 is 14.8 Å². The smallest absolute Gasteiger partial charge is 0.254 e. The molecule has 0 aliphatic carbocycles. The second kappa shape index (κ2) is 9.64. The molecule has 35 heavy (non-hydrogen) atoms. The fourth-order valence-corrected chi connectivity index (χ4v) is 3.67. The second-order valence-corrected chi connectivity index (χ2v) is 7.69. The van der Waals surface area contributed by atoms with Gasteiger partial charge in [-0.2, -0.15) is 9.61 Å². The van der Waals surface area contributed by atoms with Crippen LogP contribution in [0.15, 0.2) is 72.9 Å². The van der Waals surface area contributed by atoms with Gasteiger partial charge in [-0.05, 0) is 37.3 Å². The van der Waals surface area contributed by atoms with Crippen molar-refractivity contribution in [3.63, 3.8) is 0 Å². The number of benzene rings is 2. The van der Waals surface area contributed by atoms with Gasteiger partial charge in [-0.1, -0.05) is 30.3 Å². The van der Waals surface area contributed by atoms with Gasteiger partial charge in [0.2, 0.25) is 5.88 Å².